The summed E-state index contributed by atoms with van der Waals surface area (Å²) in [5.74, 6) is 0. The highest BCUT2D eigenvalue weighted by Gasteiger charge is 1.83. The number of aromatic amines is 1. The Labute approximate surface area is 89.0 Å². The fourth-order valence-electron chi connectivity index (χ4n) is 1.25. The Morgan fingerprint density at radius 3 is 2.47 bits per heavy atom. The summed E-state index contributed by atoms with van der Waals surface area (Å²) in [7, 11) is 0. The van der Waals surface area contributed by atoms with Crippen molar-refractivity contribution in [1.82, 2.24) is 10.2 Å². The molecule has 0 aliphatic rings. The molecule has 1 aromatic heterocycles. The van der Waals surface area contributed by atoms with E-state index in [0.717, 1.165) is 5.69 Å². The highest BCUT2D eigenvalue weighted by Crippen LogP contribution is 2.02. The normalized spacial score (nSPS) is 11.5. The Balaban J connectivity index is 1.96. The van der Waals surface area contributed by atoms with E-state index in [9.17, 15) is 0 Å². The first-order chi connectivity index (χ1) is 7.45. The largest absolute Gasteiger partial charge is 0.278 e. The average Bonchev–Trinajstić information content (AvgIpc) is 2.79. The Bertz CT molecular complexity index is 439. The van der Waals surface area contributed by atoms with Crippen molar-refractivity contribution in [2.45, 2.75) is 0 Å². The summed E-state index contributed by atoms with van der Waals surface area (Å²) in [6.45, 7) is 0. The van der Waals surface area contributed by atoms with E-state index in [2.05, 4.69) is 28.4 Å². The standard InChI is InChI=1S/C13H12N2/c1-2-6-12(7-3-1)8-4-5-9-13-10-11-14-15-13/h1-11H,(H,14,15)/b8-4+,9-5-. The molecular weight excluding hydrogens is 184 g/mol. The van der Waals surface area contributed by atoms with Crippen LogP contribution < -0.4 is 0 Å². The van der Waals surface area contributed by atoms with E-state index in [0.29, 0.717) is 0 Å². The molecule has 0 spiro atoms. The van der Waals surface area contributed by atoms with Gasteiger partial charge < -0.3 is 0 Å². The maximum atomic E-state index is 3.86. The number of allylic oxidation sites excluding steroid dienone is 2. The molecule has 0 radical (unpaired) electrons. The number of hydrogen-bond acceptors (Lipinski definition) is 1. The van der Waals surface area contributed by atoms with Gasteiger partial charge in [-0.15, -0.1) is 0 Å². The van der Waals surface area contributed by atoms with Gasteiger partial charge in [0.2, 0.25) is 0 Å². The lowest BCUT2D eigenvalue weighted by Crippen LogP contribution is -1.69. The first-order valence-electron chi connectivity index (χ1n) is 4.84. The van der Waals surface area contributed by atoms with Crippen LogP contribution in [0.15, 0.2) is 54.7 Å². The zero-order chi connectivity index (χ0) is 10.3. The van der Waals surface area contributed by atoms with Crippen molar-refractivity contribution in [1.29, 1.82) is 0 Å². The van der Waals surface area contributed by atoms with Crippen molar-refractivity contribution in [2.24, 2.45) is 0 Å². The van der Waals surface area contributed by atoms with E-state index < -0.39 is 0 Å². The summed E-state index contributed by atoms with van der Waals surface area (Å²) in [5, 5.41) is 6.72. The van der Waals surface area contributed by atoms with Gasteiger partial charge >= 0.3 is 0 Å². The predicted octanol–water partition coefficient (Wildman–Crippen LogP) is 3.14. The number of aromatic nitrogens is 2. The highest BCUT2D eigenvalue weighted by atomic mass is 15.1. The lowest BCUT2D eigenvalue weighted by Gasteiger charge is -1.88. The molecule has 2 heteroatoms. The third kappa shape index (κ3) is 2.95. The molecule has 0 saturated heterocycles. The summed E-state index contributed by atoms with van der Waals surface area (Å²) in [4.78, 5) is 0. The first kappa shape index (κ1) is 9.46. The molecule has 74 valence electrons. The van der Waals surface area contributed by atoms with Crippen molar-refractivity contribution in [2.75, 3.05) is 0 Å². The SMILES string of the molecule is C(=C/c1ccn[nH]1)/C=C/c1ccccc1. The topological polar surface area (TPSA) is 28.7 Å². The summed E-state index contributed by atoms with van der Waals surface area (Å²) in [5.41, 5.74) is 2.21. The molecule has 2 rings (SSSR count). The maximum absolute atomic E-state index is 3.86. The van der Waals surface area contributed by atoms with Crippen molar-refractivity contribution in [3.63, 3.8) is 0 Å². The van der Waals surface area contributed by atoms with E-state index in [1.165, 1.54) is 5.56 Å². The second-order valence-corrected chi connectivity index (χ2v) is 3.14. The molecule has 1 N–H and O–H groups in total. The van der Waals surface area contributed by atoms with Crippen LogP contribution in [0.25, 0.3) is 12.2 Å². The zero-order valence-electron chi connectivity index (χ0n) is 8.30. The summed E-state index contributed by atoms with van der Waals surface area (Å²) in [6.07, 6.45) is 9.77. The summed E-state index contributed by atoms with van der Waals surface area (Å²) < 4.78 is 0. The molecule has 0 amide bonds. The molecule has 0 fully saturated rings. The Hall–Kier alpha value is -2.09. The number of benzene rings is 1. The number of nitrogens with zero attached hydrogens (tertiary/aromatic N) is 1. The number of nitrogens with one attached hydrogen (secondary N) is 1. The highest BCUT2D eigenvalue weighted by molar-refractivity contribution is 5.55. The van der Waals surface area contributed by atoms with Crippen molar-refractivity contribution in [3.8, 4) is 0 Å². The molecular formula is C13H12N2. The van der Waals surface area contributed by atoms with Crippen molar-refractivity contribution >= 4 is 12.2 Å². The second-order valence-electron chi connectivity index (χ2n) is 3.14. The monoisotopic (exact) mass is 196 g/mol. The Morgan fingerprint density at radius 2 is 1.73 bits per heavy atom. The maximum Gasteiger partial charge on any atom is 0.0577 e. The number of H-pyrrole nitrogens is 1. The molecule has 0 bridgehead atoms. The number of hydrogen-bond donors (Lipinski definition) is 1. The smallest absolute Gasteiger partial charge is 0.0577 e. The minimum atomic E-state index is 1.01. The third-order valence-corrected chi connectivity index (χ3v) is 2.00. The minimum Gasteiger partial charge on any atom is -0.278 e. The molecule has 0 unspecified atom stereocenters. The molecule has 2 aromatic rings. The van der Waals surface area contributed by atoms with Gasteiger partial charge in [0.15, 0.2) is 0 Å². The van der Waals surface area contributed by atoms with Crippen LogP contribution in [-0.4, -0.2) is 10.2 Å². The molecule has 0 aliphatic carbocycles. The van der Waals surface area contributed by atoms with Gasteiger partial charge in [0, 0.05) is 6.20 Å². The van der Waals surface area contributed by atoms with Crippen LogP contribution in [0.2, 0.25) is 0 Å². The predicted molar refractivity (Wildman–Crippen MR) is 63.1 cm³/mol. The van der Waals surface area contributed by atoms with Crippen molar-refractivity contribution < 1.29 is 0 Å². The third-order valence-electron chi connectivity index (χ3n) is 2.00. The lowest BCUT2D eigenvalue weighted by atomic mass is 10.2. The van der Waals surface area contributed by atoms with E-state index in [-0.39, 0.29) is 0 Å². The van der Waals surface area contributed by atoms with Gasteiger partial charge in [-0.2, -0.15) is 5.10 Å². The molecule has 2 nitrogen and oxygen atoms in total. The molecule has 0 atom stereocenters. The quantitative estimate of drug-likeness (QED) is 0.750. The van der Waals surface area contributed by atoms with Crippen LogP contribution in [0.1, 0.15) is 11.3 Å². The molecule has 1 heterocycles. The van der Waals surface area contributed by atoms with Crippen LogP contribution in [0.4, 0.5) is 0 Å². The Morgan fingerprint density at radius 1 is 0.933 bits per heavy atom. The minimum absolute atomic E-state index is 1.01. The number of rotatable bonds is 3. The average molecular weight is 196 g/mol. The fourth-order valence-corrected chi connectivity index (χ4v) is 1.25. The van der Waals surface area contributed by atoms with Crippen molar-refractivity contribution in [3.05, 3.63) is 66.0 Å². The molecule has 0 saturated carbocycles. The van der Waals surface area contributed by atoms with E-state index in [1.54, 1.807) is 6.20 Å². The lowest BCUT2D eigenvalue weighted by molar-refractivity contribution is 1.08. The second kappa shape index (κ2) is 4.96. The fraction of sp³-hybridized carbons (Fsp3) is 0. The summed E-state index contributed by atoms with van der Waals surface area (Å²) in [6, 6.07) is 12.1. The van der Waals surface area contributed by atoms with Crippen LogP contribution in [-0.2, 0) is 0 Å². The van der Waals surface area contributed by atoms with Gasteiger partial charge in [-0.05, 0) is 17.7 Å². The van der Waals surface area contributed by atoms with E-state index >= 15 is 0 Å². The van der Waals surface area contributed by atoms with Gasteiger partial charge in [-0.3, -0.25) is 5.10 Å². The van der Waals surface area contributed by atoms with Gasteiger partial charge in [-0.25, -0.2) is 0 Å². The zero-order valence-corrected chi connectivity index (χ0v) is 8.30. The van der Waals surface area contributed by atoms with Gasteiger partial charge in [0.1, 0.15) is 0 Å². The van der Waals surface area contributed by atoms with Crippen LogP contribution in [0.3, 0.4) is 0 Å². The molecule has 0 aliphatic heterocycles. The van der Waals surface area contributed by atoms with Crippen LogP contribution in [0, 0.1) is 0 Å². The van der Waals surface area contributed by atoms with Gasteiger partial charge in [0.25, 0.3) is 0 Å². The van der Waals surface area contributed by atoms with E-state index in [1.807, 2.05) is 42.5 Å². The van der Waals surface area contributed by atoms with Crippen LogP contribution in [0.5, 0.6) is 0 Å². The van der Waals surface area contributed by atoms with Crippen LogP contribution >= 0.6 is 0 Å². The van der Waals surface area contributed by atoms with Gasteiger partial charge in [0.05, 0.1) is 5.69 Å². The Kier molecular flexibility index (Phi) is 3.13. The first-order valence-corrected chi connectivity index (χ1v) is 4.84. The molecule has 15 heavy (non-hydrogen) atoms. The summed E-state index contributed by atoms with van der Waals surface area (Å²) >= 11 is 0. The van der Waals surface area contributed by atoms with E-state index in [4.69, 9.17) is 0 Å². The van der Waals surface area contributed by atoms with Gasteiger partial charge in [-0.1, -0.05) is 48.6 Å². The molecule has 1 aromatic carbocycles.